The minimum atomic E-state index is 0.186. The maximum absolute atomic E-state index is 9.27. The third-order valence-corrected chi connectivity index (χ3v) is 4.72. The summed E-state index contributed by atoms with van der Waals surface area (Å²) in [5.74, 6) is 0. The maximum Gasteiger partial charge on any atom is 0.0945 e. The molecule has 0 aliphatic heterocycles. The van der Waals surface area contributed by atoms with Crippen LogP contribution in [0.4, 0.5) is 0 Å². The molecular weight excluding hydrogens is 282 g/mol. The molecule has 0 aromatic carbocycles. The van der Waals surface area contributed by atoms with Gasteiger partial charge in [0.1, 0.15) is 0 Å². The molecule has 2 aromatic rings. The van der Waals surface area contributed by atoms with Crippen molar-refractivity contribution in [2.75, 3.05) is 13.2 Å². The van der Waals surface area contributed by atoms with Crippen LogP contribution in [-0.2, 0) is 26.6 Å². The van der Waals surface area contributed by atoms with Gasteiger partial charge in [-0.1, -0.05) is 13.3 Å². The average molecular weight is 307 g/mol. The first-order chi connectivity index (χ1) is 10.2. The van der Waals surface area contributed by atoms with Gasteiger partial charge in [0.15, 0.2) is 0 Å². The number of hydrogen-bond donors (Lipinski definition) is 1. The summed E-state index contributed by atoms with van der Waals surface area (Å²) in [7, 11) is 2.01. The normalized spacial score (nSPS) is 11.4. The van der Waals surface area contributed by atoms with E-state index in [0.717, 1.165) is 13.1 Å². The molecule has 0 aliphatic rings. The van der Waals surface area contributed by atoms with Crippen molar-refractivity contribution in [3.63, 3.8) is 0 Å². The molecule has 0 spiro atoms. The van der Waals surface area contributed by atoms with E-state index in [0.29, 0.717) is 6.54 Å². The van der Waals surface area contributed by atoms with Crippen LogP contribution in [0.3, 0.4) is 0 Å². The fourth-order valence-corrected chi connectivity index (χ4v) is 3.44. The summed E-state index contributed by atoms with van der Waals surface area (Å²) in [4.78, 5) is 9.27. The number of unbranched alkanes of at least 4 members (excludes halogenated alkanes) is 1. The second-order valence-electron chi connectivity index (χ2n) is 5.40. The average Bonchev–Trinajstić information content (AvgIpc) is 3.07. The number of thiophene rings is 1. The van der Waals surface area contributed by atoms with Gasteiger partial charge in [-0.25, -0.2) is 4.98 Å². The summed E-state index contributed by atoms with van der Waals surface area (Å²) in [6, 6.07) is 4.47. The fraction of sp³-hybridized carbons (Fsp3) is 0.562. The number of rotatable bonds is 9. The van der Waals surface area contributed by atoms with E-state index < -0.39 is 0 Å². The standard InChI is InChI=1S/C16H25N3OS/c1-3-4-5-15-6-7-16(21-15)12-19(8-9-20)11-14-10-17-13-18(14)2/h6-7,10,13,20H,3-5,8-9,11-12H2,1-2H3. The molecule has 1 N–H and O–H groups in total. The molecule has 4 nitrogen and oxygen atoms in total. The topological polar surface area (TPSA) is 41.3 Å². The van der Waals surface area contributed by atoms with Crippen LogP contribution in [-0.4, -0.2) is 32.7 Å². The predicted molar refractivity (Wildman–Crippen MR) is 87.3 cm³/mol. The second-order valence-corrected chi connectivity index (χ2v) is 6.65. The summed E-state index contributed by atoms with van der Waals surface area (Å²) < 4.78 is 2.03. The minimum Gasteiger partial charge on any atom is -0.395 e. The largest absolute Gasteiger partial charge is 0.395 e. The summed E-state index contributed by atoms with van der Waals surface area (Å²) in [5, 5.41) is 9.27. The van der Waals surface area contributed by atoms with E-state index in [9.17, 15) is 5.11 Å². The number of aliphatic hydroxyl groups excluding tert-OH is 1. The molecule has 0 saturated carbocycles. The molecule has 2 rings (SSSR count). The lowest BCUT2D eigenvalue weighted by molar-refractivity contribution is 0.183. The summed E-state index contributed by atoms with van der Waals surface area (Å²) in [6.07, 6.45) is 7.40. The molecule has 0 atom stereocenters. The van der Waals surface area contributed by atoms with Crippen LogP contribution in [0.15, 0.2) is 24.7 Å². The van der Waals surface area contributed by atoms with Gasteiger partial charge in [0.05, 0.1) is 18.6 Å². The highest BCUT2D eigenvalue weighted by Gasteiger charge is 2.10. The number of aryl methyl sites for hydroxylation is 2. The highest BCUT2D eigenvalue weighted by atomic mass is 32.1. The quantitative estimate of drug-likeness (QED) is 0.774. The van der Waals surface area contributed by atoms with Crippen molar-refractivity contribution in [1.82, 2.24) is 14.5 Å². The van der Waals surface area contributed by atoms with E-state index in [1.54, 1.807) is 0 Å². The molecule has 0 fully saturated rings. The Labute approximate surface area is 131 Å². The number of imidazole rings is 1. The monoisotopic (exact) mass is 307 g/mol. The van der Waals surface area contributed by atoms with Gasteiger partial charge in [-0.15, -0.1) is 11.3 Å². The summed E-state index contributed by atoms with van der Waals surface area (Å²) >= 11 is 1.90. The molecule has 2 heterocycles. The van der Waals surface area contributed by atoms with Crippen LogP contribution < -0.4 is 0 Å². The zero-order valence-electron chi connectivity index (χ0n) is 13.0. The Kier molecular flexibility index (Phi) is 6.42. The summed E-state index contributed by atoms with van der Waals surface area (Å²) in [5.41, 5.74) is 1.17. The molecule has 0 aliphatic carbocycles. The van der Waals surface area contributed by atoms with E-state index in [1.165, 1.54) is 34.7 Å². The fourth-order valence-electron chi connectivity index (χ4n) is 2.33. The molecule has 21 heavy (non-hydrogen) atoms. The van der Waals surface area contributed by atoms with Crippen molar-refractivity contribution in [2.24, 2.45) is 7.05 Å². The Hall–Kier alpha value is -1.17. The molecular formula is C16H25N3OS. The zero-order valence-corrected chi connectivity index (χ0v) is 13.8. The zero-order chi connectivity index (χ0) is 15.1. The Balaban J connectivity index is 1.95. The number of hydrogen-bond acceptors (Lipinski definition) is 4. The Morgan fingerprint density at radius 1 is 1.29 bits per heavy atom. The first-order valence-electron chi connectivity index (χ1n) is 7.59. The molecule has 0 radical (unpaired) electrons. The van der Waals surface area contributed by atoms with Crippen LogP contribution in [0.2, 0.25) is 0 Å². The first kappa shape index (κ1) is 16.2. The van der Waals surface area contributed by atoms with Gasteiger partial charge in [-0.3, -0.25) is 4.90 Å². The van der Waals surface area contributed by atoms with Crippen LogP contribution in [0.1, 0.15) is 35.2 Å². The molecule has 5 heteroatoms. The van der Waals surface area contributed by atoms with Gasteiger partial charge in [0, 0.05) is 42.6 Å². The smallest absolute Gasteiger partial charge is 0.0945 e. The van der Waals surface area contributed by atoms with E-state index in [4.69, 9.17) is 0 Å². The van der Waals surface area contributed by atoms with Crippen molar-refractivity contribution in [3.05, 3.63) is 40.1 Å². The summed E-state index contributed by atoms with van der Waals surface area (Å²) in [6.45, 7) is 4.81. The van der Waals surface area contributed by atoms with Crippen molar-refractivity contribution >= 4 is 11.3 Å². The van der Waals surface area contributed by atoms with Gasteiger partial charge < -0.3 is 9.67 Å². The van der Waals surface area contributed by atoms with Crippen molar-refractivity contribution in [2.45, 2.75) is 39.3 Å². The Morgan fingerprint density at radius 2 is 2.10 bits per heavy atom. The highest BCUT2D eigenvalue weighted by molar-refractivity contribution is 7.11. The van der Waals surface area contributed by atoms with E-state index in [1.807, 2.05) is 35.5 Å². The van der Waals surface area contributed by atoms with Gasteiger partial charge in [0.2, 0.25) is 0 Å². The van der Waals surface area contributed by atoms with Crippen LogP contribution >= 0.6 is 11.3 Å². The molecule has 0 unspecified atom stereocenters. The van der Waals surface area contributed by atoms with Crippen molar-refractivity contribution < 1.29 is 5.11 Å². The van der Waals surface area contributed by atoms with Crippen molar-refractivity contribution in [3.8, 4) is 0 Å². The SMILES string of the molecule is CCCCc1ccc(CN(CCO)Cc2cncn2C)s1. The molecule has 0 amide bonds. The Bertz CT molecular complexity index is 535. The van der Waals surface area contributed by atoms with Crippen LogP contribution in [0, 0.1) is 0 Å². The lowest BCUT2D eigenvalue weighted by Gasteiger charge is -2.20. The van der Waals surface area contributed by atoms with Gasteiger partial charge in [-0.05, 0) is 25.0 Å². The van der Waals surface area contributed by atoms with Crippen LogP contribution in [0.5, 0.6) is 0 Å². The van der Waals surface area contributed by atoms with Gasteiger partial charge in [-0.2, -0.15) is 0 Å². The lowest BCUT2D eigenvalue weighted by atomic mass is 10.2. The van der Waals surface area contributed by atoms with Gasteiger partial charge >= 0.3 is 0 Å². The first-order valence-corrected chi connectivity index (χ1v) is 8.40. The number of aromatic nitrogens is 2. The minimum absolute atomic E-state index is 0.186. The van der Waals surface area contributed by atoms with E-state index in [-0.39, 0.29) is 6.61 Å². The molecule has 116 valence electrons. The van der Waals surface area contributed by atoms with E-state index in [2.05, 4.69) is 28.9 Å². The molecule has 0 saturated heterocycles. The number of aliphatic hydroxyl groups is 1. The lowest BCUT2D eigenvalue weighted by Crippen LogP contribution is -2.26. The molecule has 2 aromatic heterocycles. The van der Waals surface area contributed by atoms with Crippen LogP contribution in [0.25, 0.3) is 0 Å². The van der Waals surface area contributed by atoms with Gasteiger partial charge in [0.25, 0.3) is 0 Å². The predicted octanol–water partition coefficient (Wildman–Crippen LogP) is 2.82. The molecule has 0 bridgehead atoms. The van der Waals surface area contributed by atoms with Crippen molar-refractivity contribution in [1.29, 1.82) is 0 Å². The number of nitrogens with zero attached hydrogens (tertiary/aromatic N) is 3. The third-order valence-electron chi connectivity index (χ3n) is 3.59. The third kappa shape index (κ3) is 4.95. The second kappa shape index (κ2) is 8.32. The van der Waals surface area contributed by atoms with E-state index >= 15 is 0 Å². The highest BCUT2D eigenvalue weighted by Crippen LogP contribution is 2.21. The maximum atomic E-state index is 9.27. The Morgan fingerprint density at radius 3 is 2.76 bits per heavy atom.